The molecule has 1 aliphatic rings. The number of nitro benzene ring substituents is 1. The van der Waals surface area contributed by atoms with Crippen LogP contribution in [0.15, 0.2) is 42.7 Å². The van der Waals surface area contributed by atoms with Gasteiger partial charge in [-0.1, -0.05) is 0 Å². The van der Waals surface area contributed by atoms with Gasteiger partial charge >= 0.3 is 6.03 Å². The van der Waals surface area contributed by atoms with E-state index in [9.17, 15) is 14.9 Å². The standard InChI is InChI=1S/C18H23N7O3/c26-18(22-15-3-5-16(6-4-15)25(27)28)21-9-2-10-23-11-13-24(14-12-23)17-19-7-1-8-20-17/h1,3-8H,2,9-14H2,(H2,21,22,26). The third kappa shape index (κ3) is 5.61. The maximum atomic E-state index is 11.9. The highest BCUT2D eigenvalue weighted by Crippen LogP contribution is 2.15. The first-order chi connectivity index (χ1) is 13.6. The molecule has 1 saturated heterocycles. The number of hydrogen-bond donors (Lipinski definition) is 2. The van der Waals surface area contributed by atoms with Crippen LogP contribution in [0.2, 0.25) is 0 Å². The van der Waals surface area contributed by atoms with Gasteiger partial charge in [0.2, 0.25) is 5.95 Å². The van der Waals surface area contributed by atoms with E-state index in [-0.39, 0.29) is 11.7 Å². The van der Waals surface area contributed by atoms with Crippen LogP contribution in [0.25, 0.3) is 0 Å². The van der Waals surface area contributed by atoms with Crippen molar-refractivity contribution in [2.24, 2.45) is 0 Å². The van der Waals surface area contributed by atoms with Gasteiger partial charge < -0.3 is 15.5 Å². The number of nitro groups is 1. The van der Waals surface area contributed by atoms with Crippen molar-refractivity contribution in [2.75, 3.05) is 49.5 Å². The van der Waals surface area contributed by atoms with E-state index in [1.165, 1.54) is 24.3 Å². The molecule has 2 aromatic rings. The van der Waals surface area contributed by atoms with Crippen LogP contribution in [-0.2, 0) is 0 Å². The lowest BCUT2D eigenvalue weighted by molar-refractivity contribution is -0.384. The SMILES string of the molecule is O=C(NCCCN1CCN(c2ncccn2)CC1)Nc1ccc([N+](=O)[O-])cc1. The highest BCUT2D eigenvalue weighted by atomic mass is 16.6. The zero-order valence-electron chi connectivity index (χ0n) is 15.5. The van der Waals surface area contributed by atoms with E-state index in [1.807, 2.05) is 6.07 Å². The van der Waals surface area contributed by atoms with Crippen molar-refractivity contribution in [3.05, 3.63) is 52.8 Å². The monoisotopic (exact) mass is 385 g/mol. The molecule has 1 fully saturated rings. The molecular formula is C18H23N7O3. The number of rotatable bonds is 7. The Hall–Kier alpha value is -3.27. The first-order valence-corrected chi connectivity index (χ1v) is 9.15. The summed E-state index contributed by atoms with van der Waals surface area (Å²) in [6, 6.07) is 7.22. The number of hydrogen-bond acceptors (Lipinski definition) is 7. The van der Waals surface area contributed by atoms with Crippen LogP contribution < -0.4 is 15.5 Å². The Balaban J connectivity index is 1.30. The molecule has 0 atom stereocenters. The smallest absolute Gasteiger partial charge is 0.319 e. The third-order valence-electron chi connectivity index (χ3n) is 4.48. The average Bonchev–Trinajstić information content (AvgIpc) is 2.73. The number of nitrogens with zero attached hydrogens (tertiary/aromatic N) is 5. The summed E-state index contributed by atoms with van der Waals surface area (Å²) in [6.07, 6.45) is 4.35. The molecule has 10 nitrogen and oxygen atoms in total. The minimum atomic E-state index is -0.476. The van der Waals surface area contributed by atoms with Crippen LogP contribution in [0.4, 0.5) is 22.1 Å². The van der Waals surface area contributed by atoms with Gasteiger partial charge in [-0.25, -0.2) is 14.8 Å². The van der Waals surface area contributed by atoms with Crippen molar-refractivity contribution < 1.29 is 9.72 Å². The molecule has 1 aromatic heterocycles. The van der Waals surface area contributed by atoms with Gasteiger partial charge in [-0.15, -0.1) is 0 Å². The van der Waals surface area contributed by atoms with Crippen molar-refractivity contribution in [3.63, 3.8) is 0 Å². The number of piperazine rings is 1. The van der Waals surface area contributed by atoms with Gasteiger partial charge in [0.15, 0.2) is 0 Å². The topological polar surface area (TPSA) is 117 Å². The second kappa shape index (κ2) is 9.60. The van der Waals surface area contributed by atoms with Gasteiger partial charge in [-0.2, -0.15) is 0 Å². The minimum absolute atomic E-state index is 0.00937. The van der Waals surface area contributed by atoms with E-state index in [0.717, 1.165) is 45.1 Å². The Labute approximate surface area is 162 Å². The molecule has 2 amide bonds. The molecule has 0 radical (unpaired) electrons. The van der Waals surface area contributed by atoms with E-state index >= 15 is 0 Å². The molecule has 28 heavy (non-hydrogen) atoms. The lowest BCUT2D eigenvalue weighted by Gasteiger charge is -2.34. The molecule has 0 aliphatic carbocycles. The quantitative estimate of drug-likeness (QED) is 0.423. The van der Waals surface area contributed by atoms with Crippen molar-refractivity contribution in [1.29, 1.82) is 0 Å². The Morgan fingerprint density at radius 2 is 1.79 bits per heavy atom. The molecule has 0 spiro atoms. The molecule has 3 rings (SSSR count). The lowest BCUT2D eigenvalue weighted by atomic mass is 10.3. The Kier molecular flexibility index (Phi) is 6.68. The van der Waals surface area contributed by atoms with Gasteiger partial charge in [-0.3, -0.25) is 15.0 Å². The molecule has 1 aliphatic heterocycles. The average molecular weight is 385 g/mol. The van der Waals surface area contributed by atoms with Gasteiger partial charge in [0.05, 0.1) is 4.92 Å². The number of aromatic nitrogens is 2. The second-order valence-corrected chi connectivity index (χ2v) is 6.42. The van der Waals surface area contributed by atoms with Crippen molar-refractivity contribution in [3.8, 4) is 0 Å². The number of carbonyl (C=O) groups is 1. The largest absolute Gasteiger partial charge is 0.338 e. The van der Waals surface area contributed by atoms with Gasteiger partial charge in [0, 0.05) is 62.9 Å². The Morgan fingerprint density at radius 1 is 1.11 bits per heavy atom. The predicted octanol–water partition coefficient (Wildman–Crippen LogP) is 1.72. The van der Waals surface area contributed by atoms with E-state index in [2.05, 4.69) is 30.4 Å². The zero-order chi connectivity index (χ0) is 19.8. The van der Waals surface area contributed by atoms with Crippen LogP contribution in [0.3, 0.4) is 0 Å². The number of anilines is 2. The first-order valence-electron chi connectivity index (χ1n) is 9.15. The number of benzene rings is 1. The molecule has 0 bridgehead atoms. The number of nitrogens with one attached hydrogen (secondary N) is 2. The lowest BCUT2D eigenvalue weighted by Crippen LogP contribution is -2.47. The van der Waals surface area contributed by atoms with Crippen molar-refractivity contribution in [2.45, 2.75) is 6.42 Å². The fraction of sp³-hybridized carbons (Fsp3) is 0.389. The molecule has 10 heteroatoms. The normalized spacial score (nSPS) is 14.5. The van der Waals surface area contributed by atoms with Crippen molar-refractivity contribution >= 4 is 23.4 Å². The fourth-order valence-corrected chi connectivity index (χ4v) is 2.97. The van der Waals surface area contributed by atoms with Crippen LogP contribution in [0, 0.1) is 10.1 Å². The summed E-state index contributed by atoms with van der Waals surface area (Å²) in [7, 11) is 0. The molecule has 2 N–H and O–H groups in total. The van der Waals surface area contributed by atoms with Crippen LogP contribution in [0.5, 0.6) is 0 Å². The number of non-ortho nitro benzene ring substituents is 1. The summed E-state index contributed by atoms with van der Waals surface area (Å²) in [5, 5.41) is 16.1. The van der Waals surface area contributed by atoms with E-state index in [1.54, 1.807) is 12.4 Å². The molecule has 0 saturated carbocycles. The third-order valence-corrected chi connectivity index (χ3v) is 4.48. The summed E-state index contributed by atoms with van der Waals surface area (Å²) < 4.78 is 0. The number of carbonyl (C=O) groups excluding carboxylic acids is 1. The summed E-state index contributed by atoms with van der Waals surface area (Å²) in [6.45, 7) is 5.11. The van der Waals surface area contributed by atoms with Gasteiger partial charge in [-0.05, 0) is 31.2 Å². The number of amides is 2. The Morgan fingerprint density at radius 3 is 2.43 bits per heavy atom. The predicted molar refractivity (Wildman–Crippen MR) is 105 cm³/mol. The summed E-state index contributed by atoms with van der Waals surface area (Å²) >= 11 is 0. The Bertz CT molecular complexity index is 778. The summed E-state index contributed by atoms with van der Waals surface area (Å²) in [4.78, 5) is 35.1. The fourth-order valence-electron chi connectivity index (χ4n) is 2.97. The molecule has 0 unspecified atom stereocenters. The molecule has 148 valence electrons. The highest BCUT2D eigenvalue weighted by Gasteiger charge is 2.18. The van der Waals surface area contributed by atoms with Crippen LogP contribution >= 0.6 is 0 Å². The second-order valence-electron chi connectivity index (χ2n) is 6.42. The van der Waals surface area contributed by atoms with Crippen LogP contribution in [-0.4, -0.2) is 65.1 Å². The van der Waals surface area contributed by atoms with Crippen molar-refractivity contribution in [1.82, 2.24) is 20.2 Å². The summed E-state index contributed by atoms with van der Waals surface area (Å²) in [5.41, 5.74) is 0.507. The maximum Gasteiger partial charge on any atom is 0.319 e. The molecular weight excluding hydrogens is 362 g/mol. The first kappa shape index (κ1) is 19.5. The van der Waals surface area contributed by atoms with Gasteiger partial charge in [0.25, 0.3) is 5.69 Å². The van der Waals surface area contributed by atoms with E-state index in [0.29, 0.717) is 12.2 Å². The molecule has 1 aromatic carbocycles. The maximum absolute atomic E-state index is 11.9. The van der Waals surface area contributed by atoms with E-state index in [4.69, 9.17) is 0 Å². The summed E-state index contributed by atoms with van der Waals surface area (Å²) in [5.74, 6) is 0.770. The zero-order valence-corrected chi connectivity index (χ0v) is 15.5. The van der Waals surface area contributed by atoms with E-state index < -0.39 is 4.92 Å². The van der Waals surface area contributed by atoms with Gasteiger partial charge in [0.1, 0.15) is 0 Å². The minimum Gasteiger partial charge on any atom is -0.338 e. The molecule has 2 heterocycles. The highest BCUT2D eigenvalue weighted by molar-refractivity contribution is 5.89. The van der Waals surface area contributed by atoms with Crippen LogP contribution in [0.1, 0.15) is 6.42 Å². The number of urea groups is 1.